The monoisotopic (exact) mass is 496 g/mol. The van der Waals surface area contributed by atoms with Crippen LogP contribution in [0.3, 0.4) is 0 Å². The highest BCUT2D eigenvalue weighted by atomic mass is 79.9. The number of methoxy groups -OCH3 is 1. The van der Waals surface area contributed by atoms with Crippen LogP contribution in [0, 0.1) is 0 Å². The van der Waals surface area contributed by atoms with Gasteiger partial charge >= 0.3 is 11.8 Å². The molecule has 0 saturated heterocycles. The Morgan fingerprint density at radius 1 is 1.17 bits per heavy atom. The Morgan fingerprint density at radius 2 is 1.87 bits per heavy atom. The number of rotatable bonds is 7. The normalized spacial score (nSPS) is 10.4. The fraction of sp³-hybridized carbons (Fsp3) is 0.158. The maximum atomic E-state index is 12.1. The Hall–Kier alpha value is -3.11. The molecule has 0 saturated carbocycles. The van der Waals surface area contributed by atoms with Crippen molar-refractivity contribution in [1.29, 1.82) is 0 Å². The maximum absolute atomic E-state index is 12.1. The van der Waals surface area contributed by atoms with Crippen molar-refractivity contribution >= 4 is 57.2 Å². The lowest BCUT2D eigenvalue weighted by molar-refractivity contribution is -0.138. The first-order valence-corrected chi connectivity index (χ1v) is 9.62. The van der Waals surface area contributed by atoms with Gasteiger partial charge in [-0.1, -0.05) is 11.6 Å². The van der Waals surface area contributed by atoms with Crippen LogP contribution in [-0.2, 0) is 14.4 Å². The first kappa shape index (κ1) is 23.2. The number of hydrogen-bond donors (Lipinski definition) is 3. The molecular weight excluding hydrogens is 480 g/mol. The summed E-state index contributed by atoms with van der Waals surface area (Å²) in [4.78, 5) is 34.6. The van der Waals surface area contributed by atoms with Crippen molar-refractivity contribution in [2.45, 2.75) is 0 Å². The summed E-state index contributed by atoms with van der Waals surface area (Å²) in [6.07, 6.45) is 1.32. The van der Waals surface area contributed by atoms with Gasteiger partial charge in [0.05, 0.1) is 17.8 Å². The zero-order chi connectivity index (χ0) is 22.1. The van der Waals surface area contributed by atoms with E-state index in [-0.39, 0.29) is 12.5 Å². The van der Waals surface area contributed by atoms with Crippen molar-refractivity contribution in [3.8, 4) is 11.5 Å². The largest absolute Gasteiger partial charge is 0.493 e. The summed E-state index contributed by atoms with van der Waals surface area (Å²) in [7, 11) is 2.78. The van der Waals surface area contributed by atoms with Crippen molar-refractivity contribution < 1.29 is 23.9 Å². The average molecular weight is 498 g/mol. The van der Waals surface area contributed by atoms with Crippen LogP contribution in [0.5, 0.6) is 11.5 Å². The molecule has 2 rings (SSSR count). The lowest BCUT2D eigenvalue weighted by Crippen LogP contribution is -2.35. The number of amides is 3. The van der Waals surface area contributed by atoms with Crippen molar-refractivity contribution in [2.75, 3.05) is 26.1 Å². The second-order valence-corrected chi connectivity index (χ2v) is 6.95. The number of benzene rings is 2. The van der Waals surface area contributed by atoms with E-state index in [0.29, 0.717) is 32.2 Å². The Labute approximate surface area is 185 Å². The highest BCUT2D eigenvalue weighted by molar-refractivity contribution is 9.10. The Bertz CT molecular complexity index is 966. The minimum atomic E-state index is -0.897. The number of nitrogens with one attached hydrogen (secondary N) is 3. The molecule has 2 aromatic rings. The van der Waals surface area contributed by atoms with Crippen LogP contribution in [0.1, 0.15) is 5.56 Å². The Kier molecular flexibility index (Phi) is 8.63. The van der Waals surface area contributed by atoms with Gasteiger partial charge in [-0.2, -0.15) is 5.10 Å². The zero-order valence-electron chi connectivity index (χ0n) is 16.0. The summed E-state index contributed by atoms with van der Waals surface area (Å²) in [6.45, 7) is -0.257. The van der Waals surface area contributed by atoms with Gasteiger partial charge in [-0.05, 0) is 57.9 Å². The second-order valence-electron chi connectivity index (χ2n) is 5.66. The van der Waals surface area contributed by atoms with E-state index in [2.05, 4.69) is 37.1 Å². The molecule has 3 amide bonds. The van der Waals surface area contributed by atoms with E-state index in [4.69, 9.17) is 21.1 Å². The third-order valence-corrected chi connectivity index (χ3v) is 4.38. The lowest BCUT2D eigenvalue weighted by atomic mass is 10.2. The van der Waals surface area contributed by atoms with Crippen molar-refractivity contribution in [1.82, 2.24) is 10.7 Å². The molecule has 0 aliphatic rings. The lowest BCUT2D eigenvalue weighted by Gasteiger charge is -2.13. The van der Waals surface area contributed by atoms with Gasteiger partial charge in [-0.3, -0.25) is 14.4 Å². The topological polar surface area (TPSA) is 118 Å². The molecule has 0 atom stereocenters. The average Bonchev–Trinajstić information content (AvgIpc) is 2.73. The van der Waals surface area contributed by atoms with Gasteiger partial charge in [0.25, 0.3) is 5.91 Å². The van der Waals surface area contributed by atoms with Gasteiger partial charge in [-0.15, -0.1) is 0 Å². The Balaban J connectivity index is 2.02. The van der Waals surface area contributed by atoms with Gasteiger partial charge in [0.2, 0.25) is 0 Å². The van der Waals surface area contributed by atoms with E-state index in [0.717, 1.165) is 0 Å². The van der Waals surface area contributed by atoms with Gasteiger partial charge in [0.15, 0.2) is 18.1 Å². The number of carbonyl (C=O) groups is 3. The molecule has 158 valence electrons. The van der Waals surface area contributed by atoms with Crippen LogP contribution in [0.15, 0.2) is 46.0 Å². The molecule has 30 heavy (non-hydrogen) atoms. The van der Waals surface area contributed by atoms with Gasteiger partial charge < -0.3 is 20.1 Å². The smallest absolute Gasteiger partial charge is 0.329 e. The third kappa shape index (κ3) is 6.75. The first-order valence-electron chi connectivity index (χ1n) is 8.45. The number of ether oxygens (including phenoxy) is 2. The van der Waals surface area contributed by atoms with Crippen LogP contribution >= 0.6 is 27.5 Å². The summed E-state index contributed by atoms with van der Waals surface area (Å²) in [5, 5.41) is 9.14. The summed E-state index contributed by atoms with van der Waals surface area (Å²) in [5.74, 6) is -1.43. The number of hydrazone groups is 1. The molecule has 0 aliphatic heterocycles. The summed E-state index contributed by atoms with van der Waals surface area (Å²) in [5.41, 5.74) is 3.23. The quantitative estimate of drug-likeness (QED) is 0.308. The van der Waals surface area contributed by atoms with E-state index in [1.807, 2.05) is 0 Å². The molecular formula is C19H18BrClN4O5. The molecule has 2 aromatic carbocycles. The summed E-state index contributed by atoms with van der Waals surface area (Å²) in [6, 6.07) is 9.91. The van der Waals surface area contributed by atoms with E-state index >= 15 is 0 Å². The minimum Gasteiger partial charge on any atom is -0.493 e. The number of carbonyl (C=O) groups excluding carboxylic acids is 3. The van der Waals surface area contributed by atoms with E-state index in [1.165, 1.54) is 20.4 Å². The first-order chi connectivity index (χ1) is 14.3. The summed E-state index contributed by atoms with van der Waals surface area (Å²) < 4.78 is 11.4. The second kappa shape index (κ2) is 11.2. The van der Waals surface area contributed by atoms with Crippen molar-refractivity contribution in [3.05, 3.63) is 51.5 Å². The van der Waals surface area contributed by atoms with Crippen LogP contribution in [0.4, 0.5) is 5.69 Å². The fourth-order valence-corrected chi connectivity index (χ4v) is 2.85. The highest BCUT2D eigenvalue weighted by Crippen LogP contribution is 2.36. The van der Waals surface area contributed by atoms with Crippen LogP contribution in [0.25, 0.3) is 0 Å². The number of anilines is 1. The molecule has 0 radical (unpaired) electrons. The van der Waals surface area contributed by atoms with Crippen molar-refractivity contribution in [2.24, 2.45) is 5.10 Å². The number of halogens is 2. The van der Waals surface area contributed by atoms with Crippen LogP contribution in [-0.4, -0.2) is 44.7 Å². The van der Waals surface area contributed by atoms with E-state index < -0.39 is 11.8 Å². The van der Waals surface area contributed by atoms with E-state index in [1.54, 1.807) is 36.4 Å². The standard InChI is InChI=1S/C19H18BrClN4O5/c1-22-18(27)19(28)25-23-9-11-7-14(20)17(15(8-11)29-2)30-10-16(26)24-13-5-3-12(21)4-6-13/h3-9H,10H2,1-2H3,(H,22,27)(H,24,26)(H,25,28)/b23-9-. The predicted octanol–water partition coefficient (Wildman–Crippen LogP) is 2.32. The molecule has 0 aliphatic carbocycles. The molecule has 9 nitrogen and oxygen atoms in total. The zero-order valence-corrected chi connectivity index (χ0v) is 18.3. The molecule has 0 fully saturated rings. The van der Waals surface area contributed by atoms with E-state index in [9.17, 15) is 14.4 Å². The number of nitrogens with zero attached hydrogens (tertiary/aromatic N) is 1. The number of likely N-dealkylation sites (N-methyl/N-ethyl adjacent to an activating group) is 1. The van der Waals surface area contributed by atoms with Crippen LogP contribution in [0.2, 0.25) is 5.02 Å². The molecule has 11 heteroatoms. The molecule has 0 bridgehead atoms. The molecule has 0 spiro atoms. The Morgan fingerprint density at radius 3 is 2.50 bits per heavy atom. The van der Waals surface area contributed by atoms with Gasteiger partial charge in [0, 0.05) is 17.8 Å². The van der Waals surface area contributed by atoms with Crippen LogP contribution < -0.4 is 25.5 Å². The molecule has 0 aromatic heterocycles. The molecule has 0 unspecified atom stereocenters. The predicted molar refractivity (Wildman–Crippen MR) is 116 cm³/mol. The van der Waals surface area contributed by atoms with Crippen molar-refractivity contribution in [3.63, 3.8) is 0 Å². The maximum Gasteiger partial charge on any atom is 0.329 e. The summed E-state index contributed by atoms with van der Waals surface area (Å²) >= 11 is 9.17. The minimum absolute atomic E-state index is 0.257. The SMILES string of the molecule is CNC(=O)C(=O)N/N=C\c1cc(Br)c(OCC(=O)Nc2ccc(Cl)cc2)c(OC)c1. The van der Waals surface area contributed by atoms with Gasteiger partial charge in [-0.25, -0.2) is 5.43 Å². The highest BCUT2D eigenvalue weighted by Gasteiger charge is 2.14. The molecule has 0 heterocycles. The fourth-order valence-electron chi connectivity index (χ4n) is 2.15. The molecule has 3 N–H and O–H groups in total. The number of hydrogen-bond acceptors (Lipinski definition) is 6. The van der Waals surface area contributed by atoms with Gasteiger partial charge in [0.1, 0.15) is 0 Å². The third-order valence-electron chi connectivity index (χ3n) is 3.54.